The number of benzene rings is 1. The van der Waals surface area contributed by atoms with Crippen LogP contribution in [0.5, 0.6) is 11.5 Å². The lowest BCUT2D eigenvalue weighted by molar-refractivity contribution is -0.137. The van der Waals surface area contributed by atoms with Gasteiger partial charge in [0.05, 0.1) is 25.9 Å². The second-order valence-electron chi connectivity index (χ2n) is 4.81. The fourth-order valence-electron chi connectivity index (χ4n) is 1.89. The molecule has 6 nitrogen and oxygen atoms in total. The van der Waals surface area contributed by atoms with Crippen LogP contribution in [0.15, 0.2) is 30.9 Å². The molecule has 126 valence electrons. The zero-order valence-corrected chi connectivity index (χ0v) is 13.2. The molecule has 0 fully saturated rings. The first-order valence-electron chi connectivity index (χ1n) is 7.41. The summed E-state index contributed by atoms with van der Waals surface area (Å²) in [5.41, 5.74) is 0.156. The highest BCUT2D eigenvalue weighted by atomic mass is 16.5. The van der Waals surface area contributed by atoms with Crippen molar-refractivity contribution in [1.82, 2.24) is 0 Å². The zero-order chi connectivity index (χ0) is 17.1. The van der Waals surface area contributed by atoms with E-state index in [1.807, 2.05) is 0 Å². The van der Waals surface area contributed by atoms with Gasteiger partial charge in [0.15, 0.2) is 11.5 Å². The fourth-order valence-corrected chi connectivity index (χ4v) is 1.89. The molecule has 0 amide bonds. The number of methoxy groups -OCH3 is 1. The molecule has 0 aliphatic heterocycles. The first-order chi connectivity index (χ1) is 11.1. The summed E-state index contributed by atoms with van der Waals surface area (Å²) in [7, 11) is 1.47. The number of aromatic carboxylic acids is 1. The molecule has 0 radical (unpaired) electrons. The topological polar surface area (TPSA) is 82.1 Å². The highest BCUT2D eigenvalue weighted by Gasteiger charge is 2.09. The number of hydrogen-bond donors (Lipinski definition) is 1. The third-order valence-electron chi connectivity index (χ3n) is 3.12. The van der Waals surface area contributed by atoms with Gasteiger partial charge in [0.25, 0.3) is 0 Å². The van der Waals surface area contributed by atoms with Crippen LogP contribution >= 0.6 is 0 Å². The molecule has 0 aromatic heterocycles. The Morgan fingerprint density at radius 1 is 1.13 bits per heavy atom. The molecule has 0 aliphatic carbocycles. The van der Waals surface area contributed by atoms with E-state index in [9.17, 15) is 9.59 Å². The molecule has 0 atom stereocenters. The number of ether oxygens (including phenoxy) is 3. The van der Waals surface area contributed by atoms with E-state index >= 15 is 0 Å². The summed E-state index contributed by atoms with van der Waals surface area (Å²) in [4.78, 5) is 21.7. The predicted octanol–water partition coefficient (Wildman–Crippen LogP) is 3.06. The van der Waals surface area contributed by atoms with E-state index in [-0.39, 0.29) is 5.56 Å². The lowest BCUT2D eigenvalue weighted by Gasteiger charge is -2.11. The summed E-state index contributed by atoms with van der Waals surface area (Å²) in [6.45, 7) is 4.23. The van der Waals surface area contributed by atoms with Crippen LogP contribution in [-0.2, 0) is 9.53 Å². The number of carbonyl (C=O) groups is 2. The van der Waals surface area contributed by atoms with Gasteiger partial charge in [0, 0.05) is 6.08 Å². The highest BCUT2D eigenvalue weighted by molar-refractivity contribution is 5.88. The van der Waals surface area contributed by atoms with E-state index in [4.69, 9.17) is 19.3 Å². The van der Waals surface area contributed by atoms with E-state index < -0.39 is 11.9 Å². The maximum atomic E-state index is 10.9. The normalized spacial score (nSPS) is 9.96. The van der Waals surface area contributed by atoms with Crippen molar-refractivity contribution in [2.45, 2.75) is 25.7 Å². The number of hydrogen-bond acceptors (Lipinski definition) is 5. The van der Waals surface area contributed by atoms with Crippen LogP contribution in [0.25, 0.3) is 0 Å². The average molecular weight is 322 g/mol. The van der Waals surface area contributed by atoms with E-state index in [1.54, 1.807) is 6.07 Å². The Morgan fingerprint density at radius 2 is 1.83 bits per heavy atom. The van der Waals surface area contributed by atoms with Crippen LogP contribution < -0.4 is 9.47 Å². The van der Waals surface area contributed by atoms with Crippen molar-refractivity contribution in [2.75, 3.05) is 20.3 Å². The molecule has 1 N–H and O–H groups in total. The highest BCUT2D eigenvalue weighted by Crippen LogP contribution is 2.28. The van der Waals surface area contributed by atoms with Crippen LogP contribution in [0, 0.1) is 0 Å². The summed E-state index contributed by atoms with van der Waals surface area (Å²) in [6.07, 6.45) is 4.68. The van der Waals surface area contributed by atoms with Crippen molar-refractivity contribution in [3.63, 3.8) is 0 Å². The Labute approximate surface area is 135 Å². The van der Waals surface area contributed by atoms with Gasteiger partial charge in [-0.25, -0.2) is 9.59 Å². The van der Waals surface area contributed by atoms with Crippen molar-refractivity contribution < 1.29 is 28.9 Å². The third-order valence-corrected chi connectivity index (χ3v) is 3.12. The Bertz CT molecular complexity index is 538. The van der Waals surface area contributed by atoms with Crippen LogP contribution in [-0.4, -0.2) is 37.4 Å². The number of carboxylic acid groups (broad SMARTS) is 1. The van der Waals surface area contributed by atoms with Gasteiger partial charge in [-0.05, 0) is 43.9 Å². The van der Waals surface area contributed by atoms with E-state index in [2.05, 4.69) is 6.58 Å². The molecule has 0 spiro atoms. The van der Waals surface area contributed by atoms with Gasteiger partial charge in [-0.3, -0.25) is 0 Å². The number of carboxylic acids is 1. The average Bonchev–Trinajstić information content (AvgIpc) is 2.56. The molecule has 1 rings (SSSR count). The molecular weight excluding hydrogens is 300 g/mol. The van der Waals surface area contributed by atoms with E-state index in [0.717, 1.165) is 31.8 Å². The minimum atomic E-state index is -1.01. The molecule has 0 saturated heterocycles. The predicted molar refractivity (Wildman–Crippen MR) is 85.1 cm³/mol. The minimum absolute atomic E-state index is 0.156. The summed E-state index contributed by atoms with van der Waals surface area (Å²) in [5, 5.41) is 8.93. The monoisotopic (exact) mass is 322 g/mol. The van der Waals surface area contributed by atoms with Crippen LogP contribution in [0.2, 0.25) is 0 Å². The van der Waals surface area contributed by atoms with Crippen molar-refractivity contribution in [2.24, 2.45) is 0 Å². The van der Waals surface area contributed by atoms with Gasteiger partial charge in [0.2, 0.25) is 0 Å². The first-order valence-corrected chi connectivity index (χ1v) is 7.41. The summed E-state index contributed by atoms with van der Waals surface area (Å²) >= 11 is 0. The lowest BCUT2D eigenvalue weighted by atomic mass is 10.2. The first kappa shape index (κ1) is 18.5. The quantitative estimate of drug-likeness (QED) is 0.383. The van der Waals surface area contributed by atoms with Crippen molar-refractivity contribution in [1.29, 1.82) is 0 Å². The molecule has 6 heteroatoms. The third kappa shape index (κ3) is 6.86. The smallest absolute Gasteiger partial charge is 0.335 e. The van der Waals surface area contributed by atoms with Gasteiger partial charge in [-0.1, -0.05) is 6.58 Å². The molecule has 0 unspecified atom stereocenters. The Balaban J connectivity index is 2.24. The number of esters is 1. The number of rotatable bonds is 11. The number of unbranched alkanes of at least 4 members (excludes halogenated alkanes) is 3. The molecule has 1 aromatic carbocycles. The van der Waals surface area contributed by atoms with Crippen molar-refractivity contribution in [3.8, 4) is 11.5 Å². The maximum absolute atomic E-state index is 10.9. The van der Waals surface area contributed by atoms with Crippen molar-refractivity contribution >= 4 is 11.9 Å². The van der Waals surface area contributed by atoms with Gasteiger partial charge in [-0.15, -0.1) is 0 Å². The Morgan fingerprint density at radius 3 is 2.43 bits per heavy atom. The van der Waals surface area contributed by atoms with Crippen LogP contribution in [0.4, 0.5) is 0 Å². The summed E-state index contributed by atoms with van der Waals surface area (Å²) < 4.78 is 15.6. The fraction of sp³-hybridized carbons (Fsp3) is 0.412. The molecule has 1 aromatic rings. The van der Waals surface area contributed by atoms with Gasteiger partial charge >= 0.3 is 11.9 Å². The zero-order valence-electron chi connectivity index (χ0n) is 13.2. The second kappa shape index (κ2) is 10.3. The standard InChI is InChI=1S/C17H22O6/c1-3-16(18)23-11-7-5-4-6-10-22-14-9-8-13(17(19)20)12-15(14)21-2/h3,8-9,12H,1,4-7,10-11H2,2H3,(H,19,20). The minimum Gasteiger partial charge on any atom is -0.493 e. The Hall–Kier alpha value is -2.50. The molecular formula is C17H22O6. The number of carbonyl (C=O) groups excluding carboxylic acids is 1. The van der Waals surface area contributed by atoms with E-state index in [0.29, 0.717) is 24.7 Å². The lowest BCUT2D eigenvalue weighted by Crippen LogP contribution is -2.03. The van der Waals surface area contributed by atoms with Crippen LogP contribution in [0.1, 0.15) is 36.0 Å². The van der Waals surface area contributed by atoms with Gasteiger partial charge in [0.1, 0.15) is 0 Å². The van der Waals surface area contributed by atoms with Crippen LogP contribution in [0.3, 0.4) is 0 Å². The van der Waals surface area contributed by atoms with E-state index in [1.165, 1.54) is 19.2 Å². The van der Waals surface area contributed by atoms with Gasteiger partial charge < -0.3 is 19.3 Å². The molecule has 0 aliphatic rings. The summed E-state index contributed by atoms with van der Waals surface area (Å²) in [6, 6.07) is 4.51. The largest absolute Gasteiger partial charge is 0.493 e. The van der Waals surface area contributed by atoms with Crippen molar-refractivity contribution in [3.05, 3.63) is 36.4 Å². The summed E-state index contributed by atoms with van der Waals surface area (Å²) in [5.74, 6) is -0.476. The SMILES string of the molecule is C=CC(=O)OCCCCCCOc1ccc(C(=O)O)cc1OC. The maximum Gasteiger partial charge on any atom is 0.335 e. The Kier molecular flexibility index (Phi) is 8.28. The molecule has 0 heterocycles. The van der Waals surface area contributed by atoms with Gasteiger partial charge in [-0.2, -0.15) is 0 Å². The molecule has 0 saturated carbocycles. The molecule has 23 heavy (non-hydrogen) atoms. The molecule has 0 bridgehead atoms. The second-order valence-corrected chi connectivity index (χ2v) is 4.81.